The first kappa shape index (κ1) is 10.4. The highest BCUT2D eigenvalue weighted by Crippen LogP contribution is 2.58. The van der Waals surface area contributed by atoms with Crippen molar-refractivity contribution in [3.63, 3.8) is 0 Å². The lowest BCUT2D eigenvalue weighted by atomic mass is 9.62. The van der Waals surface area contributed by atoms with Gasteiger partial charge < -0.3 is 5.73 Å². The molecule has 92 valence electrons. The van der Waals surface area contributed by atoms with E-state index in [1.165, 1.54) is 17.5 Å². The average Bonchev–Trinajstić information content (AvgIpc) is 2.88. The van der Waals surface area contributed by atoms with E-state index in [0.29, 0.717) is 30.5 Å². The molecular weight excluding hydrogens is 222 g/mol. The first-order valence-corrected chi connectivity index (χ1v) is 6.77. The number of nitrogens with two attached hydrogens (primary N) is 1. The number of fused-ring (bicyclic) bond motifs is 5. The van der Waals surface area contributed by atoms with Crippen molar-refractivity contribution >= 4 is 11.5 Å². The standard InChI is InChI=1S/C16H17NO/c17-14-3-1-2-11-7-13(18)9-16(15(11)14)8-10-4-5-12(16)6-10/h1-5,10,12H,6-9,17H2. The van der Waals surface area contributed by atoms with E-state index in [9.17, 15) is 4.79 Å². The Hall–Kier alpha value is -1.57. The predicted octanol–water partition coefficient (Wildman–Crippen LogP) is 2.62. The Bertz CT molecular complexity index is 574. The lowest BCUT2D eigenvalue weighted by Gasteiger charge is -2.41. The molecule has 0 saturated heterocycles. The number of rotatable bonds is 0. The van der Waals surface area contributed by atoms with E-state index in [0.717, 1.165) is 12.1 Å². The number of carbonyl (C=O) groups is 1. The summed E-state index contributed by atoms with van der Waals surface area (Å²) in [5, 5.41) is 0. The molecule has 0 amide bonds. The molecule has 2 heteroatoms. The van der Waals surface area contributed by atoms with Crippen molar-refractivity contribution in [3.8, 4) is 0 Å². The molecule has 3 aliphatic carbocycles. The fourth-order valence-electron chi connectivity index (χ4n) is 4.54. The summed E-state index contributed by atoms with van der Waals surface area (Å²) in [6.07, 6.45) is 8.24. The predicted molar refractivity (Wildman–Crippen MR) is 71.2 cm³/mol. The summed E-state index contributed by atoms with van der Waals surface area (Å²) < 4.78 is 0. The molecule has 0 aliphatic heterocycles. The number of anilines is 1. The van der Waals surface area contributed by atoms with Gasteiger partial charge in [0.1, 0.15) is 5.78 Å². The fraction of sp³-hybridized carbons (Fsp3) is 0.438. The molecule has 1 fully saturated rings. The minimum atomic E-state index is 0.0232. The van der Waals surface area contributed by atoms with E-state index in [4.69, 9.17) is 5.73 Å². The van der Waals surface area contributed by atoms with Crippen LogP contribution >= 0.6 is 0 Å². The Balaban J connectivity index is 1.96. The Morgan fingerprint density at radius 1 is 1.28 bits per heavy atom. The van der Waals surface area contributed by atoms with Gasteiger partial charge in [-0.2, -0.15) is 0 Å². The summed E-state index contributed by atoms with van der Waals surface area (Å²) in [4.78, 5) is 12.1. The summed E-state index contributed by atoms with van der Waals surface area (Å²) in [6.45, 7) is 0. The van der Waals surface area contributed by atoms with Crippen molar-refractivity contribution in [1.82, 2.24) is 0 Å². The van der Waals surface area contributed by atoms with Gasteiger partial charge in [-0.05, 0) is 41.9 Å². The third kappa shape index (κ3) is 1.16. The zero-order valence-corrected chi connectivity index (χ0v) is 10.4. The highest BCUT2D eigenvalue weighted by Gasteiger charge is 2.53. The average molecular weight is 239 g/mol. The molecule has 4 rings (SSSR count). The monoisotopic (exact) mass is 239 g/mol. The van der Waals surface area contributed by atoms with Crippen molar-refractivity contribution in [2.45, 2.75) is 31.1 Å². The van der Waals surface area contributed by atoms with E-state index in [2.05, 4.69) is 18.2 Å². The van der Waals surface area contributed by atoms with Crippen LogP contribution in [0.4, 0.5) is 5.69 Å². The smallest absolute Gasteiger partial charge is 0.138 e. The highest BCUT2D eigenvalue weighted by atomic mass is 16.1. The van der Waals surface area contributed by atoms with Crippen LogP contribution in [-0.4, -0.2) is 5.78 Å². The number of benzene rings is 1. The molecule has 0 aromatic heterocycles. The SMILES string of the molecule is Nc1cccc2c1C1(CC(=O)C2)CC2C=CC1C2. The van der Waals surface area contributed by atoms with E-state index >= 15 is 0 Å². The van der Waals surface area contributed by atoms with Gasteiger partial charge in [0.05, 0.1) is 0 Å². The van der Waals surface area contributed by atoms with Crippen molar-refractivity contribution < 1.29 is 4.79 Å². The molecule has 18 heavy (non-hydrogen) atoms. The third-order valence-corrected chi connectivity index (χ3v) is 5.09. The van der Waals surface area contributed by atoms with Gasteiger partial charge in [0, 0.05) is 23.9 Å². The van der Waals surface area contributed by atoms with Crippen LogP contribution in [0.25, 0.3) is 0 Å². The molecular formula is C16H17NO. The molecule has 2 nitrogen and oxygen atoms in total. The maximum Gasteiger partial charge on any atom is 0.138 e. The summed E-state index contributed by atoms with van der Waals surface area (Å²) in [7, 11) is 0. The van der Waals surface area contributed by atoms with Gasteiger partial charge in [0.15, 0.2) is 0 Å². The van der Waals surface area contributed by atoms with E-state index in [1.807, 2.05) is 12.1 Å². The molecule has 1 aromatic rings. The maximum absolute atomic E-state index is 12.1. The second-order valence-corrected chi connectivity index (χ2v) is 6.12. The molecule has 2 N–H and O–H groups in total. The summed E-state index contributed by atoms with van der Waals surface area (Å²) >= 11 is 0. The Morgan fingerprint density at radius 2 is 2.17 bits per heavy atom. The number of hydrogen-bond acceptors (Lipinski definition) is 2. The van der Waals surface area contributed by atoms with E-state index < -0.39 is 0 Å². The lowest BCUT2D eigenvalue weighted by molar-refractivity contribution is -0.120. The van der Waals surface area contributed by atoms with Crippen LogP contribution in [0.3, 0.4) is 0 Å². The first-order valence-electron chi connectivity index (χ1n) is 6.77. The molecule has 0 radical (unpaired) electrons. The highest BCUT2D eigenvalue weighted by molar-refractivity contribution is 5.87. The van der Waals surface area contributed by atoms with Crippen LogP contribution in [0.5, 0.6) is 0 Å². The van der Waals surface area contributed by atoms with Crippen LogP contribution < -0.4 is 5.73 Å². The van der Waals surface area contributed by atoms with Crippen LogP contribution in [0.2, 0.25) is 0 Å². The van der Waals surface area contributed by atoms with Crippen LogP contribution in [0.15, 0.2) is 30.4 Å². The van der Waals surface area contributed by atoms with Crippen molar-refractivity contribution in [2.24, 2.45) is 11.8 Å². The van der Waals surface area contributed by atoms with Crippen LogP contribution in [0, 0.1) is 11.8 Å². The molecule has 1 saturated carbocycles. The van der Waals surface area contributed by atoms with Gasteiger partial charge >= 0.3 is 0 Å². The molecule has 3 atom stereocenters. The van der Waals surface area contributed by atoms with E-state index in [1.54, 1.807) is 0 Å². The van der Waals surface area contributed by atoms with Crippen molar-refractivity contribution in [3.05, 3.63) is 41.5 Å². The van der Waals surface area contributed by atoms with Gasteiger partial charge in [-0.25, -0.2) is 0 Å². The molecule has 1 spiro atoms. The zero-order valence-electron chi connectivity index (χ0n) is 10.4. The van der Waals surface area contributed by atoms with Gasteiger partial charge in [0.2, 0.25) is 0 Å². The van der Waals surface area contributed by atoms with Gasteiger partial charge in [-0.15, -0.1) is 0 Å². The van der Waals surface area contributed by atoms with Gasteiger partial charge in [-0.3, -0.25) is 4.79 Å². The Morgan fingerprint density at radius 3 is 2.89 bits per heavy atom. The number of allylic oxidation sites excluding steroid dienone is 2. The third-order valence-electron chi connectivity index (χ3n) is 5.09. The van der Waals surface area contributed by atoms with Crippen molar-refractivity contribution in [1.29, 1.82) is 0 Å². The quantitative estimate of drug-likeness (QED) is 0.558. The van der Waals surface area contributed by atoms with Gasteiger partial charge in [0.25, 0.3) is 0 Å². The Labute approximate surface area is 107 Å². The number of Topliss-reactive ketones (excluding diaryl/α,β-unsaturated/α-hetero) is 1. The van der Waals surface area contributed by atoms with E-state index in [-0.39, 0.29) is 5.41 Å². The minimum Gasteiger partial charge on any atom is -0.398 e. The second-order valence-electron chi connectivity index (χ2n) is 6.12. The van der Waals surface area contributed by atoms with Crippen molar-refractivity contribution in [2.75, 3.05) is 5.73 Å². The van der Waals surface area contributed by atoms with Crippen LogP contribution in [-0.2, 0) is 16.6 Å². The van der Waals surface area contributed by atoms with Crippen LogP contribution in [0.1, 0.15) is 30.4 Å². The molecule has 3 unspecified atom stereocenters. The summed E-state index contributed by atoms with van der Waals surface area (Å²) in [5.74, 6) is 1.57. The maximum atomic E-state index is 12.1. The Kier molecular flexibility index (Phi) is 1.87. The first-order chi connectivity index (χ1) is 8.69. The normalized spacial score (nSPS) is 36.3. The fourth-order valence-corrected chi connectivity index (χ4v) is 4.54. The summed E-state index contributed by atoms with van der Waals surface area (Å²) in [5.41, 5.74) is 9.62. The number of ketones is 1. The molecule has 2 bridgehead atoms. The summed E-state index contributed by atoms with van der Waals surface area (Å²) in [6, 6.07) is 6.05. The largest absolute Gasteiger partial charge is 0.398 e. The zero-order chi connectivity index (χ0) is 12.3. The van der Waals surface area contributed by atoms with Gasteiger partial charge in [-0.1, -0.05) is 24.3 Å². The molecule has 0 heterocycles. The minimum absolute atomic E-state index is 0.0232. The second kappa shape index (κ2) is 3.25. The molecule has 3 aliphatic rings. The molecule has 1 aromatic carbocycles. The lowest BCUT2D eigenvalue weighted by Crippen LogP contribution is -2.39. The number of nitrogen functional groups attached to an aromatic ring is 1. The number of carbonyl (C=O) groups excluding carboxylic acids is 1. The number of hydrogen-bond donors (Lipinski definition) is 1. The topological polar surface area (TPSA) is 43.1 Å².